The van der Waals surface area contributed by atoms with Gasteiger partial charge in [-0.2, -0.15) is 0 Å². The van der Waals surface area contributed by atoms with E-state index < -0.39 is 11.7 Å². The van der Waals surface area contributed by atoms with Crippen molar-refractivity contribution in [3.63, 3.8) is 0 Å². The van der Waals surface area contributed by atoms with Gasteiger partial charge in [0, 0.05) is 42.3 Å². The van der Waals surface area contributed by atoms with Crippen LogP contribution in [-0.2, 0) is 4.74 Å². The zero-order valence-corrected chi connectivity index (χ0v) is 22.1. The third kappa shape index (κ3) is 6.04. The zero-order chi connectivity index (χ0) is 25.3. The highest BCUT2D eigenvalue weighted by Crippen LogP contribution is 2.42. The number of ether oxygens (including phenoxy) is 1. The fraction of sp³-hybridized carbons (Fsp3) is 0.667. The molecule has 1 aromatic carbocycles. The molecule has 3 atom stereocenters. The molecule has 0 aliphatic carbocycles. The van der Waals surface area contributed by atoms with Gasteiger partial charge in [0.05, 0.1) is 0 Å². The number of piperidine rings is 1. The van der Waals surface area contributed by atoms with Crippen molar-refractivity contribution in [1.29, 1.82) is 0 Å². The quantitative estimate of drug-likeness (QED) is 0.555. The number of carbonyl (C=O) groups is 1. The van der Waals surface area contributed by atoms with Crippen LogP contribution in [0.15, 0.2) is 24.3 Å². The average molecular weight is 483 g/mol. The Hall–Kier alpha value is -2.45. The number of amides is 1. The molecule has 2 fully saturated rings. The van der Waals surface area contributed by atoms with E-state index in [1.165, 1.54) is 12.8 Å². The number of rotatable bonds is 7. The summed E-state index contributed by atoms with van der Waals surface area (Å²) in [6, 6.07) is 9.46. The molecule has 192 valence electrons. The third-order valence-corrected chi connectivity index (χ3v) is 7.32. The second kappa shape index (κ2) is 10.3. The highest BCUT2D eigenvalue weighted by molar-refractivity contribution is 5.84. The number of hydrogen-bond donors (Lipinski definition) is 2. The summed E-state index contributed by atoms with van der Waals surface area (Å²) in [5, 5.41) is 11.6. The number of carbonyl (C=O) groups excluding carboxylic acids is 1. The summed E-state index contributed by atoms with van der Waals surface area (Å²) in [6.07, 6.45) is 5.32. The van der Waals surface area contributed by atoms with Crippen molar-refractivity contribution in [2.24, 2.45) is 5.73 Å². The molecule has 1 amide bonds. The Balaban J connectivity index is 1.31. The second-order valence-corrected chi connectivity index (χ2v) is 11.5. The first kappa shape index (κ1) is 25.6. The molecule has 2 aliphatic heterocycles. The summed E-state index contributed by atoms with van der Waals surface area (Å²) in [5.74, 6) is 2.54. The van der Waals surface area contributed by atoms with Crippen molar-refractivity contribution in [3.8, 4) is 0 Å². The summed E-state index contributed by atoms with van der Waals surface area (Å²) >= 11 is 0. The Kier molecular flexibility index (Phi) is 7.52. The van der Waals surface area contributed by atoms with Gasteiger partial charge in [-0.15, -0.1) is 10.2 Å². The molecule has 8 heteroatoms. The topological polar surface area (TPSA) is 98.3 Å². The van der Waals surface area contributed by atoms with E-state index in [4.69, 9.17) is 10.5 Å². The van der Waals surface area contributed by atoms with Crippen molar-refractivity contribution in [2.45, 2.75) is 109 Å². The van der Waals surface area contributed by atoms with E-state index in [1.807, 2.05) is 45.0 Å². The molecular weight excluding hydrogens is 440 g/mol. The molecule has 3 heterocycles. The molecule has 2 saturated heterocycles. The minimum atomic E-state index is -0.522. The predicted octanol–water partition coefficient (Wildman–Crippen LogP) is 5.31. The van der Waals surface area contributed by atoms with Gasteiger partial charge in [0.25, 0.3) is 0 Å². The normalized spacial score (nSPS) is 23.5. The van der Waals surface area contributed by atoms with Crippen LogP contribution < -0.4 is 11.1 Å². The van der Waals surface area contributed by atoms with E-state index in [9.17, 15) is 4.79 Å². The van der Waals surface area contributed by atoms with Crippen LogP contribution in [0.1, 0.15) is 102 Å². The molecule has 2 bridgehead atoms. The molecular formula is C27H42N6O2. The number of hydrogen-bond acceptors (Lipinski definition) is 6. The minimum absolute atomic E-state index is 0.0321. The van der Waals surface area contributed by atoms with Gasteiger partial charge >= 0.3 is 6.09 Å². The summed E-state index contributed by atoms with van der Waals surface area (Å²) in [6.45, 7) is 13.0. The number of nitrogens with zero attached hydrogens (tertiary/aromatic N) is 4. The lowest BCUT2D eigenvalue weighted by atomic mass is 9.95. The van der Waals surface area contributed by atoms with Crippen molar-refractivity contribution >= 4 is 11.8 Å². The highest BCUT2D eigenvalue weighted by atomic mass is 16.6. The van der Waals surface area contributed by atoms with Crippen molar-refractivity contribution in [3.05, 3.63) is 41.5 Å². The Labute approximate surface area is 209 Å². The van der Waals surface area contributed by atoms with Crippen molar-refractivity contribution in [2.75, 3.05) is 11.9 Å². The first-order valence-corrected chi connectivity index (χ1v) is 13.0. The van der Waals surface area contributed by atoms with Crippen LogP contribution in [0.5, 0.6) is 0 Å². The molecule has 4 rings (SSSR count). The molecule has 2 unspecified atom stereocenters. The number of nitrogens with two attached hydrogens (primary N) is 1. The van der Waals surface area contributed by atoms with E-state index in [1.54, 1.807) is 0 Å². The molecule has 3 N–H and O–H groups in total. The van der Waals surface area contributed by atoms with Crippen molar-refractivity contribution < 1.29 is 9.53 Å². The van der Waals surface area contributed by atoms with Crippen LogP contribution in [0.25, 0.3) is 0 Å². The van der Waals surface area contributed by atoms with E-state index in [-0.39, 0.29) is 6.04 Å². The Bertz CT molecular complexity index is 996. The molecule has 0 spiro atoms. The predicted molar refractivity (Wildman–Crippen MR) is 138 cm³/mol. The van der Waals surface area contributed by atoms with Crippen LogP contribution in [0.4, 0.5) is 10.5 Å². The number of aryl methyl sites for hydroxylation is 1. The molecule has 2 aromatic rings. The second-order valence-electron chi connectivity index (χ2n) is 11.5. The van der Waals surface area contributed by atoms with Crippen LogP contribution in [0.3, 0.4) is 0 Å². The van der Waals surface area contributed by atoms with Gasteiger partial charge in [-0.05, 0) is 77.5 Å². The van der Waals surface area contributed by atoms with E-state index in [0.29, 0.717) is 29.7 Å². The molecule has 0 radical (unpaired) electrons. The SMILES string of the molecule is Cc1nnc(C(C)C)n1C1CC2CCC(C1)N2CC[C@H](N)c1ccc(NC(=O)OC(C)(C)C)cc1. The fourth-order valence-corrected chi connectivity index (χ4v) is 5.74. The van der Waals surface area contributed by atoms with Crippen LogP contribution in [0.2, 0.25) is 0 Å². The molecule has 35 heavy (non-hydrogen) atoms. The number of aromatic nitrogens is 3. The van der Waals surface area contributed by atoms with Crippen LogP contribution in [0, 0.1) is 6.92 Å². The number of fused-ring (bicyclic) bond motifs is 2. The summed E-state index contributed by atoms with van der Waals surface area (Å²) < 4.78 is 7.73. The smallest absolute Gasteiger partial charge is 0.412 e. The lowest BCUT2D eigenvalue weighted by molar-refractivity contribution is 0.0636. The third-order valence-electron chi connectivity index (χ3n) is 7.32. The molecule has 0 saturated carbocycles. The van der Waals surface area contributed by atoms with E-state index >= 15 is 0 Å². The minimum Gasteiger partial charge on any atom is -0.444 e. The van der Waals surface area contributed by atoms with E-state index in [2.05, 4.69) is 45.8 Å². The molecule has 8 nitrogen and oxygen atoms in total. The standard InChI is InChI=1S/C27H42N6O2/c1-17(2)25-31-30-18(3)33(25)23-15-21-11-12-22(16-23)32(21)14-13-24(28)19-7-9-20(10-8-19)29-26(34)35-27(4,5)6/h7-10,17,21-24H,11-16,28H2,1-6H3,(H,29,34)/t21?,22?,23?,24-/m0/s1. The van der Waals surface area contributed by atoms with E-state index in [0.717, 1.165) is 43.0 Å². The largest absolute Gasteiger partial charge is 0.444 e. The van der Waals surface area contributed by atoms with Gasteiger partial charge in [-0.1, -0.05) is 26.0 Å². The Morgan fingerprint density at radius 2 is 1.74 bits per heavy atom. The summed E-state index contributed by atoms with van der Waals surface area (Å²) in [7, 11) is 0. The maximum atomic E-state index is 12.0. The van der Waals surface area contributed by atoms with Crippen LogP contribution >= 0.6 is 0 Å². The Morgan fingerprint density at radius 1 is 1.11 bits per heavy atom. The summed E-state index contributed by atoms with van der Waals surface area (Å²) in [5.41, 5.74) is 7.85. The van der Waals surface area contributed by atoms with Gasteiger partial charge in [-0.3, -0.25) is 10.2 Å². The first-order valence-electron chi connectivity index (χ1n) is 13.0. The lowest BCUT2D eigenvalue weighted by Crippen LogP contribution is -2.44. The first-order chi connectivity index (χ1) is 16.5. The number of nitrogens with one attached hydrogen (secondary N) is 1. The van der Waals surface area contributed by atoms with Gasteiger partial charge in [0.1, 0.15) is 17.2 Å². The fourth-order valence-electron chi connectivity index (χ4n) is 5.74. The highest BCUT2D eigenvalue weighted by Gasteiger charge is 2.42. The van der Waals surface area contributed by atoms with Crippen LogP contribution in [-0.4, -0.2) is 50.0 Å². The maximum Gasteiger partial charge on any atom is 0.412 e. The molecule has 2 aliphatic rings. The lowest BCUT2D eigenvalue weighted by Gasteiger charge is -2.40. The average Bonchev–Trinajstić information content (AvgIpc) is 3.27. The molecule has 1 aromatic heterocycles. The van der Waals surface area contributed by atoms with Gasteiger partial charge in [0.15, 0.2) is 0 Å². The van der Waals surface area contributed by atoms with Gasteiger partial charge in [-0.25, -0.2) is 4.79 Å². The van der Waals surface area contributed by atoms with Crippen molar-refractivity contribution in [1.82, 2.24) is 19.7 Å². The Morgan fingerprint density at radius 3 is 2.31 bits per heavy atom. The summed E-state index contributed by atoms with van der Waals surface area (Å²) in [4.78, 5) is 14.7. The van der Waals surface area contributed by atoms with Gasteiger partial charge < -0.3 is 15.0 Å². The number of anilines is 1. The maximum absolute atomic E-state index is 12.0. The monoisotopic (exact) mass is 482 g/mol. The number of benzene rings is 1. The zero-order valence-electron chi connectivity index (χ0n) is 22.1. The van der Waals surface area contributed by atoms with Gasteiger partial charge in [0.2, 0.25) is 0 Å².